The zero-order chi connectivity index (χ0) is 45.4. The highest BCUT2D eigenvalue weighted by Crippen LogP contribution is 2.73. The normalized spacial score (nSPS) is 35.9. The molecule has 336 valence electrons. The molecule has 0 aromatic heterocycles. The Morgan fingerprint density at radius 3 is 0.875 bits per heavy atom. The Bertz CT molecular complexity index is 2360. The van der Waals surface area contributed by atoms with Gasteiger partial charge in [-0.25, -0.2) is 0 Å². The van der Waals surface area contributed by atoms with Crippen LogP contribution in [0.1, 0.15) is 157 Å². The van der Waals surface area contributed by atoms with Gasteiger partial charge < -0.3 is 18.6 Å². The van der Waals surface area contributed by atoms with Crippen LogP contribution in [0, 0.1) is 23.7 Å². The van der Waals surface area contributed by atoms with Gasteiger partial charge in [-0.05, 0) is 210 Å². The molecule has 0 atom stereocenters. The largest absolute Gasteiger partial charge is 0.494 e. The summed E-state index contributed by atoms with van der Waals surface area (Å²) in [6, 6.07) is 28.1. The second-order valence-electron chi connectivity index (χ2n) is 24.5. The monoisotopic (exact) mass is 984 g/mol. The fraction of sp³-hybridized carbons (Fsp3) is 0.571. The second kappa shape index (κ2) is 14.2. The van der Waals surface area contributed by atoms with Gasteiger partial charge in [0.2, 0.25) is 0 Å². The number of hydrogen-bond acceptors (Lipinski definition) is 4. The van der Waals surface area contributed by atoms with Gasteiger partial charge in [-0.2, -0.15) is 0 Å². The number of halogens is 2. The molecule has 4 aromatic rings. The summed E-state index contributed by atoms with van der Waals surface area (Å²) in [6.07, 6.45) is 10.3. The predicted molar refractivity (Wildman–Crippen MR) is 271 cm³/mol. The topological polar surface area (TPSA) is 36.9 Å². The predicted octanol–water partition coefficient (Wildman–Crippen LogP) is 13.5. The van der Waals surface area contributed by atoms with E-state index in [0.29, 0.717) is 22.7 Å². The van der Waals surface area contributed by atoms with E-state index in [-0.39, 0.29) is 47.5 Å². The Hall–Kier alpha value is -2.19. The lowest BCUT2D eigenvalue weighted by atomic mass is 9.54. The Labute approximate surface area is 401 Å². The lowest BCUT2D eigenvalue weighted by Gasteiger charge is -2.48. The van der Waals surface area contributed by atoms with Gasteiger partial charge in [-0.15, -0.1) is 0 Å². The molecular weight excluding hydrogens is 918 g/mol. The van der Waals surface area contributed by atoms with E-state index < -0.39 is 0 Å². The van der Waals surface area contributed by atoms with E-state index in [9.17, 15) is 0 Å². The maximum absolute atomic E-state index is 6.53. The van der Waals surface area contributed by atoms with Gasteiger partial charge in [-0.3, -0.25) is 0 Å². The number of benzene rings is 4. The lowest BCUT2D eigenvalue weighted by Crippen LogP contribution is -2.46. The number of hydrogen-bond donors (Lipinski definition) is 0. The molecule has 0 radical (unpaired) electrons. The minimum absolute atomic E-state index is 0.127. The van der Waals surface area contributed by atoms with Crippen molar-refractivity contribution in [1.82, 2.24) is 0 Å². The number of fused-ring (bicyclic) bond motifs is 6. The summed E-state index contributed by atoms with van der Waals surface area (Å²) in [4.78, 5) is 0. The molecular formula is C56H68B2Br2O4. The first-order valence-corrected chi connectivity index (χ1v) is 26.2. The van der Waals surface area contributed by atoms with Crippen molar-refractivity contribution in [3.8, 4) is 22.3 Å². The van der Waals surface area contributed by atoms with E-state index in [0.717, 1.165) is 22.8 Å². The first-order chi connectivity index (χ1) is 30.0. The quantitative estimate of drug-likeness (QED) is 0.188. The molecule has 12 rings (SSSR count). The SMILES string of the molecule is CC1CC23CC(C)CC2(C1)c1cc(B2OC(C)(C)C(C)(C)O2)ccc1-c1ccc(B2OC(C)(C)C(C)(C)O2)cc13.CC1CC23CC(C)CC2(C1)c1cc(Br)ccc1-c1ccc(Br)cc13. The maximum Gasteiger partial charge on any atom is 0.494 e. The van der Waals surface area contributed by atoms with Gasteiger partial charge >= 0.3 is 14.2 Å². The molecule has 4 saturated carbocycles. The van der Waals surface area contributed by atoms with Gasteiger partial charge in [0, 0.05) is 30.6 Å². The molecule has 2 heterocycles. The van der Waals surface area contributed by atoms with Crippen molar-refractivity contribution in [2.24, 2.45) is 23.7 Å². The average molecular weight is 987 g/mol. The van der Waals surface area contributed by atoms with Gasteiger partial charge in [0.1, 0.15) is 0 Å². The minimum atomic E-state index is -0.351. The van der Waals surface area contributed by atoms with E-state index in [4.69, 9.17) is 18.6 Å². The van der Waals surface area contributed by atoms with E-state index >= 15 is 0 Å². The van der Waals surface area contributed by atoms with Crippen LogP contribution in [-0.2, 0) is 40.3 Å². The molecule has 8 heteroatoms. The zero-order valence-electron chi connectivity index (χ0n) is 40.4. The van der Waals surface area contributed by atoms with Gasteiger partial charge in [0.25, 0.3) is 0 Å². The highest BCUT2D eigenvalue weighted by atomic mass is 79.9. The van der Waals surface area contributed by atoms with Crippen molar-refractivity contribution >= 4 is 57.0 Å². The molecule has 4 aromatic carbocycles. The van der Waals surface area contributed by atoms with Crippen molar-refractivity contribution < 1.29 is 18.6 Å². The molecule has 0 unspecified atom stereocenters. The van der Waals surface area contributed by atoms with E-state index in [1.165, 1.54) is 93.7 Å². The van der Waals surface area contributed by atoms with E-state index in [1.807, 2.05) is 0 Å². The summed E-state index contributed by atoms with van der Waals surface area (Å²) < 4.78 is 28.6. The third-order valence-electron chi connectivity index (χ3n) is 19.2. The average Bonchev–Trinajstić information content (AvgIpc) is 3.95. The van der Waals surface area contributed by atoms with Crippen molar-refractivity contribution in [2.75, 3.05) is 0 Å². The van der Waals surface area contributed by atoms with Crippen molar-refractivity contribution in [3.05, 3.63) is 104 Å². The molecule has 0 spiro atoms. The molecule has 2 saturated heterocycles. The first kappa shape index (κ1) is 44.3. The van der Waals surface area contributed by atoms with Crippen LogP contribution in [0.25, 0.3) is 22.3 Å². The summed E-state index contributed by atoms with van der Waals surface area (Å²) in [5.41, 5.74) is 13.8. The molecule has 0 bridgehead atoms. The standard InChI is InChI=1S/C34H46B2O4.C22H22Br2/c1-21-17-33-19-22(2)20-34(33,18-21)28-16-24(36-39-31(7,8)32(9,10)40-36)12-14-26(28)25-13-11-23(15-27(25)33)35-37-29(3,4)30(5,6)38-35;1-13-9-21-11-14(2)12-22(21,10-13)20-8-16(24)4-6-18(20)17-5-3-15(23)7-19(17)21/h11-16,21-22H,17-20H2,1-10H3;3-8,13-14H,9-12H2,1-2H3. The Balaban J connectivity index is 0.000000161. The maximum atomic E-state index is 6.53. The summed E-state index contributed by atoms with van der Waals surface area (Å²) in [7, 11) is -0.684. The summed E-state index contributed by atoms with van der Waals surface area (Å²) >= 11 is 7.51. The fourth-order valence-electron chi connectivity index (χ4n) is 15.8. The summed E-state index contributed by atoms with van der Waals surface area (Å²) in [6.45, 7) is 27.0. The Morgan fingerprint density at radius 1 is 0.375 bits per heavy atom. The van der Waals surface area contributed by atoms with E-state index in [2.05, 4.69) is 188 Å². The van der Waals surface area contributed by atoms with Crippen LogP contribution >= 0.6 is 31.9 Å². The number of rotatable bonds is 2. The van der Waals surface area contributed by atoms with Crippen LogP contribution in [0.3, 0.4) is 0 Å². The summed E-state index contributed by atoms with van der Waals surface area (Å²) in [5, 5.41) is 0. The molecule has 0 N–H and O–H groups in total. The van der Waals surface area contributed by atoms with Crippen LogP contribution in [-0.4, -0.2) is 36.6 Å². The third-order valence-corrected chi connectivity index (χ3v) is 20.1. The van der Waals surface area contributed by atoms with Gasteiger partial charge in [0.15, 0.2) is 0 Å². The smallest absolute Gasteiger partial charge is 0.399 e. The Kier molecular flexibility index (Phi) is 9.83. The fourth-order valence-corrected chi connectivity index (χ4v) is 16.5. The molecule has 8 aliphatic rings. The third kappa shape index (κ3) is 5.99. The van der Waals surface area contributed by atoms with Crippen LogP contribution in [0.2, 0.25) is 0 Å². The summed E-state index contributed by atoms with van der Waals surface area (Å²) in [5.74, 6) is 2.95. The molecule has 0 amide bonds. The molecule has 6 fully saturated rings. The first-order valence-electron chi connectivity index (χ1n) is 24.6. The lowest BCUT2D eigenvalue weighted by molar-refractivity contribution is 0.00578. The molecule has 6 aliphatic carbocycles. The van der Waals surface area contributed by atoms with Gasteiger partial charge in [0.05, 0.1) is 22.4 Å². The van der Waals surface area contributed by atoms with Crippen LogP contribution in [0.15, 0.2) is 81.7 Å². The van der Waals surface area contributed by atoms with Crippen LogP contribution in [0.4, 0.5) is 0 Å². The van der Waals surface area contributed by atoms with Crippen LogP contribution in [0.5, 0.6) is 0 Å². The van der Waals surface area contributed by atoms with Crippen molar-refractivity contribution in [1.29, 1.82) is 0 Å². The van der Waals surface area contributed by atoms with Crippen LogP contribution < -0.4 is 10.9 Å². The highest BCUT2D eigenvalue weighted by Gasteiger charge is 2.67. The molecule has 2 aliphatic heterocycles. The molecule has 64 heavy (non-hydrogen) atoms. The second-order valence-corrected chi connectivity index (χ2v) is 26.4. The van der Waals surface area contributed by atoms with Crippen molar-refractivity contribution in [2.45, 2.75) is 179 Å². The van der Waals surface area contributed by atoms with Crippen molar-refractivity contribution in [3.63, 3.8) is 0 Å². The minimum Gasteiger partial charge on any atom is -0.399 e. The van der Waals surface area contributed by atoms with E-state index in [1.54, 1.807) is 11.1 Å². The van der Waals surface area contributed by atoms with Gasteiger partial charge in [-0.1, -0.05) is 108 Å². The highest BCUT2D eigenvalue weighted by molar-refractivity contribution is 9.10. The zero-order valence-corrected chi connectivity index (χ0v) is 43.6. The Morgan fingerprint density at radius 2 is 0.609 bits per heavy atom. The molecule has 4 nitrogen and oxygen atoms in total.